The van der Waals surface area contributed by atoms with Crippen LogP contribution in [-0.4, -0.2) is 12.0 Å². The van der Waals surface area contributed by atoms with Crippen molar-refractivity contribution in [2.45, 2.75) is 6.92 Å². The number of fused-ring (bicyclic) bond motifs is 1. The van der Waals surface area contributed by atoms with Crippen LogP contribution in [0.5, 0.6) is 5.75 Å². The minimum Gasteiger partial charge on any atom is -0.496 e. The number of rotatable bonds is 2. The SMILES string of the molecule is COc1c(C)cc([N+](=O)[O-])c2ccccc12. The summed E-state index contributed by atoms with van der Waals surface area (Å²) in [5, 5.41) is 12.3. The van der Waals surface area contributed by atoms with Crippen LogP contribution in [-0.2, 0) is 0 Å². The Bertz CT molecular complexity index is 563. The molecule has 0 atom stereocenters. The summed E-state index contributed by atoms with van der Waals surface area (Å²) < 4.78 is 5.27. The molecule has 16 heavy (non-hydrogen) atoms. The Morgan fingerprint density at radius 2 is 1.88 bits per heavy atom. The molecular weight excluding hydrogens is 206 g/mol. The highest BCUT2D eigenvalue weighted by Gasteiger charge is 2.16. The first-order valence-electron chi connectivity index (χ1n) is 4.86. The predicted molar refractivity (Wildman–Crippen MR) is 61.9 cm³/mol. The third-order valence-corrected chi connectivity index (χ3v) is 2.56. The van der Waals surface area contributed by atoms with Gasteiger partial charge < -0.3 is 4.74 Å². The predicted octanol–water partition coefficient (Wildman–Crippen LogP) is 3.07. The summed E-state index contributed by atoms with van der Waals surface area (Å²) in [7, 11) is 1.57. The van der Waals surface area contributed by atoms with Gasteiger partial charge in [0, 0.05) is 11.5 Å². The molecule has 2 aromatic carbocycles. The van der Waals surface area contributed by atoms with E-state index in [1.807, 2.05) is 12.1 Å². The number of aryl methyl sites for hydroxylation is 1. The molecule has 0 N–H and O–H groups in total. The zero-order valence-electron chi connectivity index (χ0n) is 9.06. The second-order valence-corrected chi connectivity index (χ2v) is 3.55. The van der Waals surface area contributed by atoms with Gasteiger partial charge in [0.25, 0.3) is 5.69 Å². The van der Waals surface area contributed by atoms with Gasteiger partial charge in [0.2, 0.25) is 0 Å². The minimum absolute atomic E-state index is 0.119. The number of methoxy groups -OCH3 is 1. The first kappa shape index (κ1) is 10.4. The maximum atomic E-state index is 10.9. The summed E-state index contributed by atoms with van der Waals surface area (Å²) in [6, 6.07) is 8.73. The van der Waals surface area contributed by atoms with Gasteiger partial charge in [-0.2, -0.15) is 0 Å². The van der Waals surface area contributed by atoms with Crippen molar-refractivity contribution in [3.63, 3.8) is 0 Å². The molecule has 0 unspecified atom stereocenters. The third kappa shape index (κ3) is 1.48. The van der Waals surface area contributed by atoms with Crippen molar-refractivity contribution in [2.75, 3.05) is 7.11 Å². The van der Waals surface area contributed by atoms with Crippen molar-refractivity contribution < 1.29 is 9.66 Å². The van der Waals surface area contributed by atoms with Crippen LogP contribution in [0.1, 0.15) is 5.56 Å². The highest BCUT2D eigenvalue weighted by atomic mass is 16.6. The monoisotopic (exact) mass is 217 g/mol. The molecule has 0 saturated heterocycles. The van der Waals surface area contributed by atoms with Crippen molar-refractivity contribution in [1.82, 2.24) is 0 Å². The molecule has 4 heteroatoms. The molecule has 0 amide bonds. The van der Waals surface area contributed by atoms with Gasteiger partial charge in [-0.1, -0.05) is 18.2 Å². The molecular formula is C12H11NO3. The summed E-state index contributed by atoms with van der Waals surface area (Å²) in [6.07, 6.45) is 0. The van der Waals surface area contributed by atoms with Crippen LogP contribution in [0.3, 0.4) is 0 Å². The lowest BCUT2D eigenvalue weighted by Crippen LogP contribution is -1.94. The van der Waals surface area contributed by atoms with Gasteiger partial charge in [-0.25, -0.2) is 0 Å². The van der Waals surface area contributed by atoms with Crippen molar-refractivity contribution in [3.8, 4) is 5.75 Å². The molecule has 2 aromatic rings. The Morgan fingerprint density at radius 1 is 1.25 bits per heavy atom. The van der Waals surface area contributed by atoms with Crippen LogP contribution in [0.15, 0.2) is 30.3 Å². The summed E-state index contributed by atoms with van der Waals surface area (Å²) in [6.45, 7) is 1.80. The van der Waals surface area contributed by atoms with E-state index in [2.05, 4.69) is 0 Å². The molecule has 0 saturated carbocycles. The molecule has 0 spiro atoms. The fourth-order valence-corrected chi connectivity index (χ4v) is 1.89. The van der Waals surface area contributed by atoms with Gasteiger partial charge >= 0.3 is 0 Å². The van der Waals surface area contributed by atoms with Crippen molar-refractivity contribution in [2.24, 2.45) is 0 Å². The van der Waals surface area contributed by atoms with E-state index in [0.29, 0.717) is 11.1 Å². The highest BCUT2D eigenvalue weighted by Crippen LogP contribution is 2.35. The topological polar surface area (TPSA) is 52.4 Å². The maximum absolute atomic E-state index is 10.9. The average molecular weight is 217 g/mol. The summed E-state index contributed by atoms with van der Waals surface area (Å²) in [5.74, 6) is 0.696. The molecule has 4 nitrogen and oxygen atoms in total. The van der Waals surface area contributed by atoms with E-state index in [0.717, 1.165) is 10.9 Å². The molecule has 2 rings (SSSR count). The van der Waals surface area contributed by atoms with Crippen LogP contribution < -0.4 is 4.74 Å². The van der Waals surface area contributed by atoms with Gasteiger partial charge in [-0.15, -0.1) is 0 Å². The Kier molecular flexibility index (Phi) is 2.48. The first-order valence-corrected chi connectivity index (χ1v) is 4.86. The molecule has 0 aliphatic rings. The molecule has 0 aliphatic heterocycles. The normalized spacial score (nSPS) is 10.4. The number of nitro benzene ring substituents is 1. The standard InChI is InChI=1S/C12H11NO3/c1-8-7-11(13(14)15)9-5-3-4-6-10(9)12(8)16-2/h3-7H,1-2H3. The minimum atomic E-state index is -0.366. The van der Waals surface area contributed by atoms with E-state index in [1.54, 1.807) is 32.2 Å². The van der Waals surface area contributed by atoms with Crippen molar-refractivity contribution in [1.29, 1.82) is 0 Å². The van der Waals surface area contributed by atoms with E-state index in [4.69, 9.17) is 4.74 Å². The van der Waals surface area contributed by atoms with Gasteiger partial charge in [-0.05, 0) is 18.6 Å². The third-order valence-electron chi connectivity index (χ3n) is 2.56. The highest BCUT2D eigenvalue weighted by molar-refractivity contribution is 5.96. The summed E-state index contributed by atoms with van der Waals surface area (Å²) in [5.41, 5.74) is 0.891. The Balaban J connectivity index is 2.91. The van der Waals surface area contributed by atoms with Gasteiger partial charge in [0.05, 0.1) is 17.4 Å². The quantitative estimate of drug-likeness (QED) is 0.573. The number of hydrogen-bond donors (Lipinski definition) is 0. The lowest BCUT2D eigenvalue weighted by Gasteiger charge is -2.09. The summed E-state index contributed by atoms with van der Waals surface area (Å²) >= 11 is 0. The van der Waals surface area contributed by atoms with Gasteiger partial charge in [-0.3, -0.25) is 10.1 Å². The zero-order chi connectivity index (χ0) is 11.7. The first-order chi connectivity index (χ1) is 7.65. The zero-order valence-corrected chi connectivity index (χ0v) is 9.06. The smallest absolute Gasteiger partial charge is 0.277 e. The fourth-order valence-electron chi connectivity index (χ4n) is 1.89. The molecule has 0 aromatic heterocycles. The van der Waals surface area contributed by atoms with Gasteiger partial charge in [0.1, 0.15) is 5.75 Å². The van der Waals surface area contributed by atoms with E-state index in [1.165, 1.54) is 0 Å². The van der Waals surface area contributed by atoms with E-state index in [9.17, 15) is 10.1 Å². The molecule has 0 bridgehead atoms. The van der Waals surface area contributed by atoms with Crippen LogP contribution in [0.4, 0.5) is 5.69 Å². The number of ether oxygens (including phenoxy) is 1. The number of hydrogen-bond acceptors (Lipinski definition) is 3. The number of benzene rings is 2. The van der Waals surface area contributed by atoms with Crippen LogP contribution >= 0.6 is 0 Å². The number of nitro groups is 1. The lowest BCUT2D eigenvalue weighted by molar-refractivity contribution is -0.383. The van der Waals surface area contributed by atoms with Crippen molar-refractivity contribution in [3.05, 3.63) is 46.0 Å². The average Bonchev–Trinajstić information content (AvgIpc) is 2.28. The van der Waals surface area contributed by atoms with Crippen molar-refractivity contribution >= 4 is 16.5 Å². The molecule has 0 aliphatic carbocycles. The van der Waals surface area contributed by atoms with Crippen LogP contribution in [0, 0.1) is 17.0 Å². The maximum Gasteiger partial charge on any atom is 0.277 e. The summed E-state index contributed by atoms with van der Waals surface area (Å²) in [4.78, 5) is 10.6. The van der Waals surface area contributed by atoms with Crippen LogP contribution in [0.25, 0.3) is 10.8 Å². The fraction of sp³-hybridized carbons (Fsp3) is 0.167. The number of nitrogens with zero attached hydrogens (tertiary/aromatic N) is 1. The van der Waals surface area contributed by atoms with E-state index < -0.39 is 0 Å². The Hall–Kier alpha value is -2.10. The number of non-ortho nitro benzene ring substituents is 1. The Morgan fingerprint density at radius 3 is 2.44 bits per heavy atom. The molecule has 0 fully saturated rings. The van der Waals surface area contributed by atoms with E-state index >= 15 is 0 Å². The Labute approximate surface area is 92.6 Å². The second kappa shape index (κ2) is 3.81. The van der Waals surface area contributed by atoms with Gasteiger partial charge in [0.15, 0.2) is 0 Å². The van der Waals surface area contributed by atoms with E-state index in [-0.39, 0.29) is 10.6 Å². The molecule has 0 radical (unpaired) electrons. The second-order valence-electron chi connectivity index (χ2n) is 3.55. The molecule has 82 valence electrons. The molecule has 0 heterocycles. The lowest BCUT2D eigenvalue weighted by atomic mass is 10.0. The largest absolute Gasteiger partial charge is 0.496 e. The van der Waals surface area contributed by atoms with Crippen LogP contribution in [0.2, 0.25) is 0 Å².